The summed E-state index contributed by atoms with van der Waals surface area (Å²) in [6.07, 6.45) is 5.62. The van der Waals surface area contributed by atoms with E-state index in [0.717, 1.165) is 5.82 Å². The van der Waals surface area contributed by atoms with Crippen molar-refractivity contribution in [2.75, 3.05) is 5.32 Å². The van der Waals surface area contributed by atoms with E-state index in [1.54, 1.807) is 10.9 Å². The first kappa shape index (κ1) is 10.3. The molecular weight excluding hydrogens is 212 g/mol. The SMILES string of the molecule is CC1Nc2cc(-n3cccn3)ncc2C1(C)C. The highest BCUT2D eigenvalue weighted by Gasteiger charge is 2.36. The zero-order valence-electron chi connectivity index (χ0n) is 10.3. The van der Waals surface area contributed by atoms with Gasteiger partial charge >= 0.3 is 0 Å². The van der Waals surface area contributed by atoms with Crippen molar-refractivity contribution in [1.82, 2.24) is 14.8 Å². The third-order valence-corrected chi connectivity index (χ3v) is 3.78. The maximum Gasteiger partial charge on any atom is 0.155 e. The molecule has 2 aromatic heterocycles. The lowest BCUT2D eigenvalue weighted by Gasteiger charge is -2.23. The van der Waals surface area contributed by atoms with Crippen LogP contribution < -0.4 is 5.32 Å². The Hall–Kier alpha value is -1.84. The van der Waals surface area contributed by atoms with Crippen LogP contribution in [-0.2, 0) is 5.41 Å². The van der Waals surface area contributed by atoms with Gasteiger partial charge in [0.1, 0.15) is 0 Å². The first-order chi connectivity index (χ1) is 8.09. The Labute approximate surface area is 101 Å². The molecule has 0 fully saturated rings. The van der Waals surface area contributed by atoms with Gasteiger partial charge in [0.25, 0.3) is 0 Å². The van der Waals surface area contributed by atoms with Crippen molar-refractivity contribution in [3.8, 4) is 5.82 Å². The Kier molecular flexibility index (Phi) is 2.02. The number of nitrogens with one attached hydrogen (secondary N) is 1. The molecule has 1 aliphatic rings. The molecule has 4 heteroatoms. The van der Waals surface area contributed by atoms with Crippen molar-refractivity contribution < 1.29 is 0 Å². The van der Waals surface area contributed by atoms with Crippen molar-refractivity contribution in [3.63, 3.8) is 0 Å². The zero-order valence-corrected chi connectivity index (χ0v) is 10.3. The van der Waals surface area contributed by atoms with Crippen molar-refractivity contribution in [2.24, 2.45) is 0 Å². The lowest BCUT2D eigenvalue weighted by molar-refractivity contribution is 0.485. The minimum absolute atomic E-state index is 0.130. The molecule has 0 aromatic carbocycles. The van der Waals surface area contributed by atoms with E-state index in [2.05, 4.69) is 42.2 Å². The summed E-state index contributed by atoms with van der Waals surface area (Å²) in [6.45, 7) is 6.69. The number of fused-ring (bicyclic) bond motifs is 1. The number of hydrogen-bond donors (Lipinski definition) is 1. The molecule has 0 spiro atoms. The molecule has 3 heterocycles. The van der Waals surface area contributed by atoms with Crippen molar-refractivity contribution in [3.05, 3.63) is 36.3 Å². The summed E-state index contributed by atoms with van der Waals surface area (Å²) in [5.74, 6) is 0.853. The van der Waals surface area contributed by atoms with Crippen molar-refractivity contribution >= 4 is 5.69 Å². The number of anilines is 1. The number of pyridine rings is 1. The van der Waals surface area contributed by atoms with Crippen LogP contribution in [0.2, 0.25) is 0 Å². The molecule has 2 aromatic rings. The lowest BCUT2D eigenvalue weighted by Crippen LogP contribution is -2.29. The fourth-order valence-corrected chi connectivity index (χ4v) is 2.25. The summed E-state index contributed by atoms with van der Waals surface area (Å²) in [7, 11) is 0. The second kappa shape index (κ2) is 3.32. The summed E-state index contributed by atoms with van der Waals surface area (Å²) in [5.41, 5.74) is 2.58. The minimum Gasteiger partial charge on any atom is -0.381 e. The topological polar surface area (TPSA) is 42.7 Å². The summed E-state index contributed by atoms with van der Waals surface area (Å²) in [6, 6.07) is 4.38. The molecule has 1 aliphatic heterocycles. The molecule has 0 amide bonds. The van der Waals surface area contributed by atoms with Gasteiger partial charge in [-0.05, 0) is 13.0 Å². The lowest BCUT2D eigenvalue weighted by atomic mass is 9.82. The van der Waals surface area contributed by atoms with E-state index in [1.165, 1.54) is 11.3 Å². The predicted octanol–water partition coefficient (Wildman–Crippen LogP) is 2.36. The molecule has 17 heavy (non-hydrogen) atoms. The predicted molar refractivity (Wildman–Crippen MR) is 67.5 cm³/mol. The van der Waals surface area contributed by atoms with E-state index in [-0.39, 0.29) is 5.41 Å². The molecule has 0 saturated heterocycles. The third-order valence-electron chi connectivity index (χ3n) is 3.78. The van der Waals surface area contributed by atoms with Crippen LogP contribution >= 0.6 is 0 Å². The Bertz CT molecular complexity index is 543. The highest BCUT2D eigenvalue weighted by Crippen LogP contribution is 2.40. The number of hydrogen-bond acceptors (Lipinski definition) is 3. The van der Waals surface area contributed by atoms with Gasteiger partial charge in [-0.3, -0.25) is 0 Å². The minimum atomic E-state index is 0.130. The fourth-order valence-electron chi connectivity index (χ4n) is 2.25. The molecule has 3 rings (SSSR count). The van der Waals surface area contributed by atoms with Gasteiger partial charge in [0.05, 0.1) is 0 Å². The number of rotatable bonds is 1. The smallest absolute Gasteiger partial charge is 0.155 e. The molecule has 0 saturated carbocycles. The summed E-state index contributed by atoms with van der Waals surface area (Å²) in [4.78, 5) is 4.48. The largest absolute Gasteiger partial charge is 0.381 e. The van der Waals surface area contributed by atoms with Crippen LogP contribution in [0.15, 0.2) is 30.7 Å². The van der Waals surface area contributed by atoms with Gasteiger partial charge in [0, 0.05) is 47.4 Å². The highest BCUT2D eigenvalue weighted by atomic mass is 15.3. The fraction of sp³-hybridized carbons (Fsp3) is 0.385. The molecule has 88 valence electrons. The van der Waals surface area contributed by atoms with Crippen LogP contribution in [0.5, 0.6) is 0 Å². The van der Waals surface area contributed by atoms with Gasteiger partial charge in [0.15, 0.2) is 5.82 Å². The monoisotopic (exact) mass is 228 g/mol. The normalized spacial score (nSPS) is 21.0. The molecule has 1 unspecified atom stereocenters. The van der Waals surface area contributed by atoms with E-state index in [9.17, 15) is 0 Å². The van der Waals surface area contributed by atoms with E-state index in [4.69, 9.17) is 0 Å². The van der Waals surface area contributed by atoms with Crippen LogP contribution in [-0.4, -0.2) is 20.8 Å². The molecule has 0 aliphatic carbocycles. The third kappa shape index (κ3) is 1.44. The number of aromatic nitrogens is 3. The first-order valence-corrected chi connectivity index (χ1v) is 5.86. The van der Waals surface area contributed by atoms with Crippen LogP contribution in [0.25, 0.3) is 5.82 Å². The zero-order chi connectivity index (χ0) is 12.0. The molecular formula is C13H16N4. The molecule has 1 N–H and O–H groups in total. The van der Waals surface area contributed by atoms with Gasteiger partial charge in [-0.1, -0.05) is 13.8 Å². The van der Waals surface area contributed by atoms with Crippen LogP contribution in [0.1, 0.15) is 26.3 Å². The maximum atomic E-state index is 4.48. The molecule has 0 radical (unpaired) electrons. The second-order valence-electron chi connectivity index (χ2n) is 5.13. The molecule has 1 atom stereocenters. The van der Waals surface area contributed by atoms with E-state index >= 15 is 0 Å². The van der Waals surface area contributed by atoms with Crippen LogP contribution in [0.4, 0.5) is 5.69 Å². The average molecular weight is 228 g/mol. The summed E-state index contributed by atoms with van der Waals surface area (Å²) < 4.78 is 1.78. The van der Waals surface area contributed by atoms with Gasteiger partial charge in [0.2, 0.25) is 0 Å². The Balaban J connectivity index is 2.09. The maximum absolute atomic E-state index is 4.48. The Morgan fingerprint density at radius 2 is 2.24 bits per heavy atom. The van der Waals surface area contributed by atoms with Gasteiger partial charge in [-0.2, -0.15) is 5.10 Å². The van der Waals surface area contributed by atoms with Gasteiger partial charge in [-0.15, -0.1) is 0 Å². The van der Waals surface area contributed by atoms with Crippen LogP contribution in [0.3, 0.4) is 0 Å². The Morgan fingerprint density at radius 3 is 2.94 bits per heavy atom. The van der Waals surface area contributed by atoms with Crippen molar-refractivity contribution in [2.45, 2.75) is 32.2 Å². The first-order valence-electron chi connectivity index (χ1n) is 5.86. The standard InChI is InChI=1S/C13H16N4/c1-9-13(2,3)10-8-14-12(7-11(10)16-9)17-6-4-5-15-17/h4-9,16H,1-3H3. The second-order valence-corrected chi connectivity index (χ2v) is 5.13. The van der Waals surface area contributed by atoms with E-state index in [0.29, 0.717) is 6.04 Å². The van der Waals surface area contributed by atoms with Gasteiger partial charge in [-0.25, -0.2) is 9.67 Å². The van der Waals surface area contributed by atoms with Crippen LogP contribution in [0, 0.1) is 0 Å². The van der Waals surface area contributed by atoms with E-state index in [1.807, 2.05) is 18.5 Å². The molecule has 0 bridgehead atoms. The molecule has 4 nitrogen and oxygen atoms in total. The number of nitrogens with zero attached hydrogens (tertiary/aromatic N) is 3. The Morgan fingerprint density at radius 1 is 1.41 bits per heavy atom. The summed E-state index contributed by atoms with van der Waals surface area (Å²) in [5, 5.41) is 7.70. The average Bonchev–Trinajstić information content (AvgIpc) is 2.87. The highest BCUT2D eigenvalue weighted by molar-refractivity contribution is 5.62. The van der Waals surface area contributed by atoms with Gasteiger partial charge < -0.3 is 5.32 Å². The van der Waals surface area contributed by atoms with E-state index < -0.39 is 0 Å². The van der Waals surface area contributed by atoms with Crippen molar-refractivity contribution in [1.29, 1.82) is 0 Å². The quantitative estimate of drug-likeness (QED) is 0.814. The summed E-state index contributed by atoms with van der Waals surface area (Å²) >= 11 is 0.